The van der Waals surface area contributed by atoms with Crippen molar-refractivity contribution in [2.45, 2.75) is 50.2 Å². The summed E-state index contributed by atoms with van der Waals surface area (Å²) >= 11 is 0. The topological polar surface area (TPSA) is 72.9 Å². The SMILES string of the molecule is CN1N[C@H](c2ccccc2O)[C@@H]2C(=O)N(C3CCCCC3)C(=O)[C@@H]21. The van der Waals surface area contributed by atoms with Gasteiger partial charge in [0, 0.05) is 18.7 Å². The molecule has 6 heteroatoms. The van der Waals surface area contributed by atoms with E-state index in [-0.39, 0.29) is 29.6 Å². The molecule has 1 aromatic carbocycles. The average Bonchev–Trinajstić information content (AvgIpc) is 3.05. The first-order chi connectivity index (χ1) is 11.6. The molecule has 4 rings (SSSR count). The van der Waals surface area contributed by atoms with E-state index in [1.54, 1.807) is 24.2 Å². The van der Waals surface area contributed by atoms with Crippen LogP contribution in [0.5, 0.6) is 5.75 Å². The smallest absolute Gasteiger partial charge is 0.249 e. The number of likely N-dealkylation sites (tertiary alicyclic amines) is 1. The molecule has 2 aliphatic heterocycles. The number of nitrogens with zero attached hydrogens (tertiary/aromatic N) is 2. The van der Waals surface area contributed by atoms with Crippen LogP contribution in [0.2, 0.25) is 0 Å². The van der Waals surface area contributed by atoms with Crippen molar-refractivity contribution in [1.29, 1.82) is 0 Å². The molecule has 2 saturated heterocycles. The fraction of sp³-hybridized carbons (Fsp3) is 0.556. The molecule has 3 atom stereocenters. The molecule has 1 saturated carbocycles. The number of imide groups is 1. The predicted octanol–water partition coefficient (Wildman–Crippen LogP) is 1.57. The number of rotatable bonds is 2. The first-order valence-electron chi connectivity index (χ1n) is 8.73. The van der Waals surface area contributed by atoms with E-state index in [9.17, 15) is 14.7 Å². The maximum Gasteiger partial charge on any atom is 0.249 e. The van der Waals surface area contributed by atoms with E-state index in [0.29, 0.717) is 5.56 Å². The summed E-state index contributed by atoms with van der Waals surface area (Å²) in [6.07, 6.45) is 5.16. The van der Waals surface area contributed by atoms with Gasteiger partial charge in [-0.15, -0.1) is 0 Å². The van der Waals surface area contributed by atoms with E-state index < -0.39 is 12.0 Å². The molecule has 1 aromatic rings. The summed E-state index contributed by atoms with van der Waals surface area (Å²) in [5, 5.41) is 11.9. The molecule has 3 aliphatic rings. The third-order valence-corrected chi connectivity index (χ3v) is 5.68. The Morgan fingerprint density at radius 2 is 1.79 bits per heavy atom. The third-order valence-electron chi connectivity index (χ3n) is 5.68. The van der Waals surface area contributed by atoms with Crippen LogP contribution in [0.15, 0.2) is 24.3 Å². The lowest BCUT2D eigenvalue weighted by Gasteiger charge is -2.31. The molecule has 2 N–H and O–H groups in total. The normalized spacial score (nSPS) is 31.7. The molecular formula is C18H23N3O3. The number of likely N-dealkylation sites (N-methyl/N-ethyl adjacent to an activating group) is 1. The highest BCUT2D eigenvalue weighted by Crippen LogP contribution is 2.43. The van der Waals surface area contributed by atoms with Gasteiger partial charge in [-0.05, 0) is 18.9 Å². The van der Waals surface area contributed by atoms with Crippen molar-refractivity contribution in [3.8, 4) is 5.75 Å². The second-order valence-corrected chi connectivity index (χ2v) is 7.09. The van der Waals surface area contributed by atoms with Gasteiger partial charge in [0.1, 0.15) is 11.8 Å². The van der Waals surface area contributed by atoms with Gasteiger partial charge in [-0.1, -0.05) is 37.5 Å². The number of fused-ring (bicyclic) bond motifs is 1. The number of phenols is 1. The number of hydrazine groups is 1. The highest BCUT2D eigenvalue weighted by atomic mass is 16.3. The Kier molecular flexibility index (Phi) is 3.81. The van der Waals surface area contributed by atoms with Crippen LogP contribution in [0.25, 0.3) is 0 Å². The lowest BCUT2D eigenvalue weighted by atomic mass is 9.90. The van der Waals surface area contributed by atoms with E-state index in [2.05, 4.69) is 5.43 Å². The monoisotopic (exact) mass is 329 g/mol. The number of benzene rings is 1. The lowest BCUT2D eigenvalue weighted by molar-refractivity contribution is -0.144. The maximum absolute atomic E-state index is 13.1. The number of aromatic hydroxyl groups is 1. The number of nitrogens with one attached hydrogen (secondary N) is 1. The summed E-state index contributed by atoms with van der Waals surface area (Å²) in [6, 6.07) is 6.21. The Morgan fingerprint density at radius 3 is 2.50 bits per heavy atom. The van der Waals surface area contributed by atoms with Crippen LogP contribution in [-0.4, -0.2) is 46.0 Å². The summed E-state index contributed by atoms with van der Waals surface area (Å²) in [5.74, 6) is -0.509. The van der Waals surface area contributed by atoms with E-state index in [4.69, 9.17) is 0 Å². The molecule has 128 valence electrons. The molecule has 0 spiro atoms. The summed E-state index contributed by atoms with van der Waals surface area (Å²) in [7, 11) is 1.80. The number of hydrogen-bond acceptors (Lipinski definition) is 5. The molecule has 3 fully saturated rings. The number of phenolic OH excluding ortho intramolecular Hbond substituents is 1. The Balaban J connectivity index is 1.67. The standard InChI is InChI=1S/C18H23N3O3/c1-20-16-14(15(19-20)12-9-5-6-10-13(12)22)17(23)21(18(16)24)11-7-3-2-4-8-11/h5-6,9-11,14-16,19,22H,2-4,7-8H2,1H3/t14-,15+,16+/m0/s1. The van der Waals surface area contributed by atoms with E-state index in [0.717, 1.165) is 25.7 Å². The first kappa shape index (κ1) is 15.6. The van der Waals surface area contributed by atoms with E-state index in [1.165, 1.54) is 11.3 Å². The van der Waals surface area contributed by atoms with Crippen LogP contribution in [0.3, 0.4) is 0 Å². The molecule has 0 unspecified atom stereocenters. The fourth-order valence-corrected chi connectivity index (χ4v) is 4.52. The van der Waals surface area contributed by atoms with Gasteiger partial charge in [0.2, 0.25) is 11.8 Å². The average molecular weight is 329 g/mol. The van der Waals surface area contributed by atoms with Crippen LogP contribution < -0.4 is 5.43 Å². The first-order valence-corrected chi connectivity index (χ1v) is 8.73. The second-order valence-electron chi connectivity index (χ2n) is 7.09. The number of hydrogen-bond donors (Lipinski definition) is 2. The van der Waals surface area contributed by atoms with E-state index >= 15 is 0 Å². The quantitative estimate of drug-likeness (QED) is 0.806. The zero-order valence-corrected chi connectivity index (χ0v) is 13.8. The van der Waals surface area contributed by atoms with Gasteiger partial charge in [-0.3, -0.25) is 14.5 Å². The summed E-state index contributed by atoms with van der Waals surface area (Å²) in [4.78, 5) is 27.6. The molecule has 1 aliphatic carbocycles. The van der Waals surface area contributed by atoms with Crippen molar-refractivity contribution >= 4 is 11.8 Å². The number of amides is 2. The van der Waals surface area contributed by atoms with Crippen molar-refractivity contribution in [2.24, 2.45) is 5.92 Å². The highest BCUT2D eigenvalue weighted by Gasteiger charge is 2.59. The molecule has 2 amide bonds. The number of carbonyl (C=O) groups is 2. The highest BCUT2D eigenvalue weighted by molar-refractivity contribution is 6.08. The van der Waals surface area contributed by atoms with Crippen molar-refractivity contribution in [3.05, 3.63) is 29.8 Å². The molecule has 24 heavy (non-hydrogen) atoms. The van der Waals surface area contributed by atoms with Crippen LogP contribution in [-0.2, 0) is 9.59 Å². The van der Waals surface area contributed by atoms with Crippen molar-refractivity contribution in [3.63, 3.8) is 0 Å². The predicted molar refractivity (Wildman–Crippen MR) is 87.8 cm³/mol. The van der Waals surface area contributed by atoms with Crippen molar-refractivity contribution in [1.82, 2.24) is 15.3 Å². The largest absolute Gasteiger partial charge is 0.508 e. The minimum Gasteiger partial charge on any atom is -0.508 e. The third kappa shape index (κ3) is 2.24. The molecule has 0 aromatic heterocycles. The van der Waals surface area contributed by atoms with E-state index in [1.807, 2.05) is 12.1 Å². The Morgan fingerprint density at radius 1 is 1.08 bits per heavy atom. The van der Waals surface area contributed by atoms with Crippen LogP contribution in [0.4, 0.5) is 0 Å². The minimum absolute atomic E-state index is 0.0442. The molecule has 0 radical (unpaired) electrons. The van der Waals surface area contributed by atoms with Gasteiger partial charge < -0.3 is 5.11 Å². The minimum atomic E-state index is -0.482. The maximum atomic E-state index is 13.1. The summed E-state index contributed by atoms with van der Waals surface area (Å²) in [6.45, 7) is 0. The Hall–Kier alpha value is -1.92. The van der Waals surface area contributed by atoms with Gasteiger partial charge >= 0.3 is 0 Å². The van der Waals surface area contributed by atoms with Gasteiger partial charge in [-0.2, -0.15) is 0 Å². The lowest BCUT2D eigenvalue weighted by Crippen LogP contribution is -2.47. The van der Waals surface area contributed by atoms with Crippen molar-refractivity contribution < 1.29 is 14.7 Å². The van der Waals surface area contributed by atoms with Gasteiger partial charge in [0.15, 0.2) is 0 Å². The summed E-state index contributed by atoms with van der Waals surface area (Å²) in [5.41, 5.74) is 3.87. The zero-order chi connectivity index (χ0) is 16.8. The Labute approximate surface area is 141 Å². The number of para-hydroxylation sites is 1. The van der Waals surface area contributed by atoms with Gasteiger partial charge in [0.25, 0.3) is 0 Å². The van der Waals surface area contributed by atoms with Crippen molar-refractivity contribution in [2.75, 3.05) is 7.05 Å². The Bertz CT molecular complexity index is 671. The molecular weight excluding hydrogens is 306 g/mol. The van der Waals surface area contributed by atoms with Crippen LogP contribution in [0.1, 0.15) is 43.7 Å². The van der Waals surface area contributed by atoms with Crippen LogP contribution in [0, 0.1) is 5.92 Å². The molecule has 0 bridgehead atoms. The van der Waals surface area contributed by atoms with Gasteiger partial charge in [-0.25, -0.2) is 10.4 Å². The number of carbonyl (C=O) groups excluding carboxylic acids is 2. The zero-order valence-electron chi connectivity index (χ0n) is 13.8. The molecule has 6 nitrogen and oxygen atoms in total. The summed E-state index contributed by atoms with van der Waals surface area (Å²) < 4.78 is 0. The van der Waals surface area contributed by atoms with Gasteiger partial charge in [0.05, 0.1) is 12.0 Å². The fourth-order valence-electron chi connectivity index (χ4n) is 4.52. The van der Waals surface area contributed by atoms with Crippen LogP contribution >= 0.6 is 0 Å². The molecule has 2 heterocycles. The second kappa shape index (κ2) is 5.86.